The number of ether oxygens (including phenoxy) is 1. The minimum absolute atomic E-state index is 0.111. The van der Waals surface area contributed by atoms with E-state index < -0.39 is 12.6 Å². The molecule has 0 radical (unpaired) electrons. The summed E-state index contributed by atoms with van der Waals surface area (Å²) in [4.78, 5) is 40.1. The van der Waals surface area contributed by atoms with Gasteiger partial charge in [-0.1, -0.05) is 6.92 Å². The number of anilines is 1. The van der Waals surface area contributed by atoms with Crippen molar-refractivity contribution in [3.8, 4) is 5.82 Å². The molecule has 0 saturated heterocycles. The largest absolute Gasteiger partial charge is 0.454 e. The molecule has 0 fully saturated rings. The molecule has 0 unspecified atom stereocenters. The van der Waals surface area contributed by atoms with Crippen LogP contribution in [0, 0.1) is 13.8 Å². The first-order chi connectivity index (χ1) is 14.4. The predicted octanol–water partition coefficient (Wildman–Crippen LogP) is 3.27. The molecule has 1 amide bonds. The zero-order chi connectivity index (χ0) is 21.7. The molecule has 3 rings (SSSR count). The average molecular weight is 406 g/mol. The molecule has 0 aliphatic rings. The smallest absolute Gasteiger partial charge is 0.340 e. The van der Waals surface area contributed by atoms with Gasteiger partial charge >= 0.3 is 5.97 Å². The third-order valence-corrected chi connectivity index (χ3v) is 4.36. The Bertz CT molecular complexity index is 1070. The number of nitrogens with zero attached hydrogens (tertiary/aromatic N) is 3. The molecule has 0 aliphatic carbocycles. The highest BCUT2D eigenvalue weighted by molar-refractivity contribution is 6.00. The zero-order valence-electron chi connectivity index (χ0n) is 17.0. The van der Waals surface area contributed by atoms with E-state index in [4.69, 9.17) is 4.74 Å². The summed E-state index contributed by atoms with van der Waals surface area (Å²) >= 11 is 0. The number of aryl methyl sites for hydroxylation is 2. The number of amides is 1. The Labute approximate surface area is 173 Å². The molecule has 8 heteroatoms. The molecular weight excluding hydrogens is 384 g/mol. The lowest BCUT2D eigenvalue weighted by atomic mass is 10.1. The molecule has 3 aromatic rings. The van der Waals surface area contributed by atoms with Crippen LogP contribution in [0.3, 0.4) is 0 Å². The normalized spacial score (nSPS) is 10.5. The Morgan fingerprint density at radius 1 is 1.03 bits per heavy atom. The number of pyridine rings is 1. The molecule has 0 saturated carbocycles. The van der Waals surface area contributed by atoms with Crippen LogP contribution in [0.25, 0.3) is 5.82 Å². The Morgan fingerprint density at radius 2 is 1.73 bits per heavy atom. The van der Waals surface area contributed by atoms with Crippen LogP contribution in [0.15, 0.2) is 48.7 Å². The van der Waals surface area contributed by atoms with Gasteiger partial charge in [-0.05, 0) is 56.3 Å². The Hall–Kier alpha value is -3.81. The predicted molar refractivity (Wildman–Crippen MR) is 111 cm³/mol. The zero-order valence-corrected chi connectivity index (χ0v) is 17.0. The summed E-state index contributed by atoms with van der Waals surface area (Å²) < 4.78 is 6.79. The first kappa shape index (κ1) is 20.9. The van der Waals surface area contributed by atoms with E-state index >= 15 is 0 Å². The van der Waals surface area contributed by atoms with Gasteiger partial charge in [0.25, 0.3) is 0 Å². The number of carbonyl (C=O) groups is 3. The van der Waals surface area contributed by atoms with Crippen LogP contribution in [0.4, 0.5) is 5.69 Å². The van der Waals surface area contributed by atoms with Crippen molar-refractivity contribution in [1.82, 2.24) is 14.8 Å². The van der Waals surface area contributed by atoms with Crippen LogP contribution in [0.5, 0.6) is 0 Å². The van der Waals surface area contributed by atoms with Crippen molar-refractivity contribution >= 4 is 23.3 Å². The third kappa shape index (κ3) is 4.96. The van der Waals surface area contributed by atoms with Gasteiger partial charge in [-0.15, -0.1) is 0 Å². The number of aromatic nitrogens is 3. The van der Waals surface area contributed by atoms with Crippen LogP contribution < -0.4 is 5.32 Å². The highest BCUT2D eigenvalue weighted by atomic mass is 16.5. The summed E-state index contributed by atoms with van der Waals surface area (Å²) in [6.07, 6.45) is 1.76. The maximum absolute atomic E-state index is 12.3. The van der Waals surface area contributed by atoms with Crippen LogP contribution in [0.2, 0.25) is 0 Å². The fraction of sp³-hybridized carbons (Fsp3) is 0.227. The van der Waals surface area contributed by atoms with Gasteiger partial charge < -0.3 is 10.1 Å². The highest BCUT2D eigenvalue weighted by Crippen LogP contribution is 2.13. The molecule has 1 aromatic carbocycles. The van der Waals surface area contributed by atoms with E-state index in [-0.39, 0.29) is 17.3 Å². The number of Topliss-reactive ketones (excluding diaryl/α,β-unsaturated/α-hetero) is 1. The minimum Gasteiger partial charge on any atom is -0.454 e. The molecule has 1 N–H and O–H groups in total. The van der Waals surface area contributed by atoms with Gasteiger partial charge in [0.2, 0.25) is 5.91 Å². The topological polar surface area (TPSA) is 103 Å². The van der Waals surface area contributed by atoms with Crippen LogP contribution in [-0.4, -0.2) is 39.0 Å². The molecule has 154 valence electrons. The summed E-state index contributed by atoms with van der Waals surface area (Å²) in [5, 5.41) is 7.05. The number of hydrogen-bond donors (Lipinski definition) is 1. The number of rotatable bonds is 7. The monoisotopic (exact) mass is 406 g/mol. The van der Waals surface area contributed by atoms with Gasteiger partial charge in [0.1, 0.15) is 0 Å². The fourth-order valence-corrected chi connectivity index (χ4v) is 2.78. The van der Waals surface area contributed by atoms with Crippen molar-refractivity contribution in [3.63, 3.8) is 0 Å². The van der Waals surface area contributed by atoms with Crippen molar-refractivity contribution in [1.29, 1.82) is 0 Å². The lowest BCUT2D eigenvalue weighted by Crippen LogP contribution is -2.15. The highest BCUT2D eigenvalue weighted by Gasteiger charge is 2.13. The second-order valence-corrected chi connectivity index (χ2v) is 6.72. The second kappa shape index (κ2) is 9.13. The maximum Gasteiger partial charge on any atom is 0.340 e. The van der Waals surface area contributed by atoms with E-state index in [2.05, 4.69) is 15.4 Å². The lowest BCUT2D eigenvalue weighted by Gasteiger charge is -2.07. The van der Waals surface area contributed by atoms with E-state index in [0.29, 0.717) is 23.5 Å². The van der Waals surface area contributed by atoms with Gasteiger partial charge in [0.15, 0.2) is 18.2 Å². The molecule has 0 spiro atoms. The van der Waals surface area contributed by atoms with Gasteiger partial charge in [0.05, 0.1) is 11.3 Å². The lowest BCUT2D eigenvalue weighted by molar-refractivity contribution is -0.115. The molecule has 0 aliphatic heterocycles. The van der Waals surface area contributed by atoms with Crippen molar-refractivity contribution in [2.24, 2.45) is 0 Å². The van der Waals surface area contributed by atoms with Crippen molar-refractivity contribution < 1.29 is 19.1 Å². The number of ketones is 1. The van der Waals surface area contributed by atoms with Crippen LogP contribution >= 0.6 is 0 Å². The molecule has 0 bridgehead atoms. The molecule has 30 heavy (non-hydrogen) atoms. The van der Waals surface area contributed by atoms with Gasteiger partial charge in [-0.2, -0.15) is 5.10 Å². The SMILES string of the molecule is CCC(=O)Nc1ccc(C(=O)COC(=O)c2ccc(-n3nc(C)cc3C)nc2)cc1. The van der Waals surface area contributed by atoms with Gasteiger partial charge in [-0.3, -0.25) is 9.59 Å². The van der Waals surface area contributed by atoms with Crippen LogP contribution in [-0.2, 0) is 9.53 Å². The molecule has 8 nitrogen and oxygen atoms in total. The number of nitrogens with one attached hydrogen (secondary N) is 1. The van der Waals surface area contributed by atoms with E-state index in [0.717, 1.165) is 11.4 Å². The first-order valence-electron chi connectivity index (χ1n) is 9.47. The first-order valence-corrected chi connectivity index (χ1v) is 9.47. The Kier molecular flexibility index (Phi) is 6.36. The van der Waals surface area contributed by atoms with Gasteiger partial charge in [-0.25, -0.2) is 14.5 Å². The summed E-state index contributed by atoms with van der Waals surface area (Å²) in [6.45, 7) is 5.17. The fourth-order valence-electron chi connectivity index (χ4n) is 2.78. The Morgan fingerprint density at radius 3 is 2.30 bits per heavy atom. The number of benzene rings is 1. The quantitative estimate of drug-likeness (QED) is 0.477. The third-order valence-electron chi connectivity index (χ3n) is 4.36. The summed E-state index contributed by atoms with van der Waals surface area (Å²) in [5.41, 5.74) is 3.03. The summed E-state index contributed by atoms with van der Waals surface area (Å²) in [7, 11) is 0. The maximum atomic E-state index is 12.3. The van der Waals surface area contributed by atoms with E-state index in [1.54, 1.807) is 48.0 Å². The Balaban J connectivity index is 1.58. The van der Waals surface area contributed by atoms with Crippen molar-refractivity contribution in [2.75, 3.05) is 11.9 Å². The average Bonchev–Trinajstić information content (AvgIpc) is 3.10. The molecular formula is C22H22N4O4. The standard InChI is InChI=1S/C22H22N4O4/c1-4-21(28)24-18-8-5-16(6-9-18)19(27)13-30-22(29)17-7-10-20(23-12-17)26-15(3)11-14(2)25-26/h5-12H,4,13H2,1-3H3,(H,24,28). The molecule has 2 heterocycles. The second-order valence-electron chi connectivity index (χ2n) is 6.72. The molecule has 0 atom stereocenters. The number of esters is 1. The van der Waals surface area contributed by atoms with Crippen LogP contribution in [0.1, 0.15) is 45.4 Å². The summed E-state index contributed by atoms with van der Waals surface area (Å²) in [6, 6.07) is 11.6. The van der Waals surface area contributed by atoms with Crippen molar-refractivity contribution in [2.45, 2.75) is 27.2 Å². The van der Waals surface area contributed by atoms with E-state index in [1.807, 2.05) is 19.9 Å². The summed E-state index contributed by atoms with van der Waals surface area (Å²) in [5.74, 6) is -0.504. The number of hydrogen-bond acceptors (Lipinski definition) is 6. The van der Waals surface area contributed by atoms with Crippen molar-refractivity contribution in [3.05, 3.63) is 71.2 Å². The van der Waals surface area contributed by atoms with E-state index in [1.165, 1.54) is 6.20 Å². The minimum atomic E-state index is -0.636. The molecule has 2 aromatic heterocycles. The number of carbonyl (C=O) groups excluding carboxylic acids is 3. The van der Waals surface area contributed by atoms with Gasteiger partial charge in [0, 0.05) is 29.6 Å². The van der Waals surface area contributed by atoms with E-state index in [9.17, 15) is 14.4 Å².